The molecule has 154 valence electrons. The molecule has 1 aromatic carbocycles. The van der Waals surface area contributed by atoms with Crippen molar-refractivity contribution < 1.29 is 14.3 Å². The molecule has 0 saturated carbocycles. The Kier molecular flexibility index (Phi) is 7.28. The molecule has 0 bridgehead atoms. The first-order valence-corrected chi connectivity index (χ1v) is 10.2. The minimum absolute atomic E-state index is 0.0421. The van der Waals surface area contributed by atoms with Crippen molar-refractivity contribution in [3.05, 3.63) is 29.8 Å². The van der Waals surface area contributed by atoms with E-state index in [1.54, 1.807) is 19.1 Å². The molecular formula is C21H32N4O3. The first kappa shape index (κ1) is 20.6. The fraction of sp³-hybridized carbons (Fsp3) is 0.619. The highest BCUT2D eigenvalue weighted by Crippen LogP contribution is 2.36. The summed E-state index contributed by atoms with van der Waals surface area (Å²) in [5, 5.41) is 6.46. The maximum Gasteiger partial charge on any atom is 0.225 e. The highest BCUT2D eigenvalue weighted by atomic mass is 16.5. The highest BCUT2D eigenvalue weighted by molar-refractivity contribution is 5.84. The van der Waals surface area contributed by atoms with Gasteiger partial charge in [0.1, 0.15) is 5.75 Å². The van der Waals surface area contributed by atoms with E-state index in [0.29, 0.717) is 19.4 Å². The van der Waals surface area contributed by atoms with Crippen LogP contribution in [0.15, 0.2) is 24.3 Å². The smallest absolute Gasteiger partial charge is 0.225 e. The van der Waals surface area contributed by atoms with Crippen molar-refractivity contribution in [2.45, 2.75) is 25.3 Å². The van der Waals surface area contributed by atoms with Crippen molar-refractivity contribution in [2.24, 2.45) is 5.92 Å². The molecule has 3 rings (SSSR count). The lowest BCUT2D eigenvalue weighted by atomic mass is 9.84. The number of hydrogen-bond donors (Lipinski definition) is 2. The quantitative estimate of drug-likeness (QED) is 0.682. The van der Waals surface area contributed by atoms with Gasteiger partial charge in [0.2, 0.25) is 11.8 Å². The van der Waals surface area contributed by atoms with Crippen LogP contribution in [-0.4, -0.2) is 75.0 Å². The van der Waals surface area contributed by atoms with Gasteiger partial charge in [-0.25, -0.2) is 0 Å². The number of ether oxygens (including phenoxy) is 1. The van der Waals surface area contributed by atoms with Gasteiger partial charge in [-0.2, -0.15) is 0 Å². The van der Waals surface area contributed by atoms with Gasteiger partial charge >= 0.3 is 0 Å². The molecule has 0 aromatic heterocycles. The zero-order valence-electron chi connectivity index (χ0n) is 16.9. The number of carbonyl (C=O) groups is 2. The Morgan fingerprint density at radius 2 is 1.96 bits per heavy atom. The van der Waals surface area contributed by atoms with Crippen LogP contribution >= 0.6 is 0 Å². The van der Waals surface area contributed by atoms with Crippen molar-refractivity contribution in [2.75, 3.05) is 53.4 Å². The van der Waals surface area contributed by atoms with Gasteiger partial charge in [-0.3, -0.25) is 9.59 Å². The molecule has 0 radical (unpaired) electrons. The Hall–Kier alpha value is -2.12. The summed E-state index contributed by atoms with van der Waals surface area (Å²) in [7, 11) is 3.42. The number of benzene rings is 1. The molecule has 7 heteroatoms. The van der Waals surface area contributed by atoms with E-state index in [1.165, 1.54) is 0 Å². The molecule has 2 heterocycles. The van der Waals surface area contributed by atoms with E-state index < -0.39 is 0 Å². The fourth-order valence-corrected chi connectivity index (χ4v) is 4.15. The Morgan fingerprint density at radius 3 is 2.64 bits per heavy atom. The third-order valence-electron chi connectivity index (χ3n) is 5.82. The molecule has 2 atom stereocenters. The molecule has 2 amide bonds. The Bertz CT molecular complexity index is 658. The van der Waals surface area contributed by atoms with Crippen LogP contribution in [-0.2, 0) is 9.59 Å². The minimum Gasteiger partial charge on any atom is -0.497 e. The number of piperazine rings is 1. The third-order valence-corrected chi connectivity index (χ3v) is 5.82. The van der Waals surface area contributed by atoms with Gasteiger partial charge in [0.15, 0.2) is 0 Å². The van der Waals surface area contributed by atoms with Crippen LogP contribution < -0.4 is 15.4 Å². The van der Waals surface area contributed by atoms with Crippen LogP contribution in [0.1, 0.15) is 30.9 Å². The molecule has 2 aliphatic heterocycles. The second kappa shape index (κ2) is 9.89. The first-order valence-electron chi connectivity index (χ1n) is 10.2. The number of rotatable bonds is 7. The lowest BCUT2D eigenvalue weighted by molar-refractivity contribution is -0.141. The summed E-state index contributed by atoms with van der Waals surface area (Å²) in [4.78, 5) is 29.3. The van der Waals surface area contributed by atoms with E-state index in [1.807, 2.05) is 24.3 Å². The van der Waals surface area contributed by atoms with Crippen LogP contribution in [0.5, 0.6) is 5.75 Å². The molecule has 1 aromatic rings. The molecule has 2 saturated heterocycles. The van der Waals surface area contributed by atoms with Gasteiger partial charge in [0.25, 0.3) is 0 Å². The average Bonchev–Trinajstić information content (AvgIpc) is 2.74. The van der Waals surface area contributed by atoms with E-state index in [9.17, 15) is 9.59 Å². The van der Waals surface area contributed by atoms with Crippen LogP contribution in [0.25, 0.3) is 0 Å². The maximum absolute atomic E-state index is 12.9. The Morgan fingerprint density at radius 1 is 1.25 bits per heavy atom. The fourth-order valence-electron chi connectivity index (χ4n) is 4.15. The van der Waals surface area contributed by atoms with Gasteiger partial charge in [-0.15, -0.1) is 0 Å². The van der Waals surface area contributed by atoms with Crippen molar-refractivity contribution in [3.63, 3.8) is 0 Å². The second-order valence-electron chi connectivity index (χ2n) is 7.60. The van der Waals surface area contributed by atoms with E-state index >= 15 is 0 Å². The molecule has 2 N–H and O–H groups in total. The number of amides is 2. The van der Waals surface area contributed by atoms with Crippen molar-refractivity contribution in [1.29, 1.82) is 0 Å². The average molecular weight is 389 g/mol. The first-order chi connectivity index (χ1) is 13.6. The van der Waals surface area contributed by atoms with Crippen LogP contribution in [0.4, 0.5) is 0 Å². The molecule has 2 aliphatic rings. The SMILES string of the molecule is COc1ccc(C2C(C(=O)NCCCN3CCNCC3)CCC(=O)N2C)cc1. The Labute approximate surface area is 167 Å². The highest BCUT2D eigenvalue weighted by Gasteiger charge is 2.38. The van der Waals surface area contributed by atoms with Gasteiger partial charge in [0, 0.05) is 46.2 Å². The third kappa shape index (κ3) is 5.02. The van der Waals surface area contributed by atoms with E-state index in [2.05, 4.69) is 15.5 Å². The predicted molar refractivity (Wildman–Crippen MR) is 108 cm³/mol. The number of carbonyl (C=O) groups excluding carboxylic acids is 2. The minimum atomic E-state index is -0.236. The summed E-state index contributed by atoms with van der Waals surface area (Å²) < 4.78 is 5.23. The van der Waals surface area contributed by atoms with Gasteiger partial charge in [0.05, 0.1) is 19.1 Å². The normalized spacial score (nSPS) is 23.5. The molecule has 2 fully saturated rings. The standard InChI is InChI=1S/C21H32N4O3/c1-24-19(26)9-8-18(20(24)16-4-6-17(28-2)7-5-16)21(27)23-10-3-13-25-14-11-22-12-15-25/h4-7,18,20,22H,3,8-15H2,1-2H3,(H,23,27). The van der Waals surface area contributed by atoms with Gasteiger partial charge in [-0.05, 0) is 37.1 Å². The van der Waals surface area contributed by atoms with Crippen molar-refractivity contribution in [1.82, 2.24) is 20.4 Å². The molecule has 2 unspecified atom stereocenters. The lowest BCUT2D eigenvalue weighted by Gasteiger charge is -2.38. The van der Waals surface area contributed by atoms with E-state index in [0.717, 1.165) is 50.5 Å². The maximum atomic E-state index is 12.9. The topological polar surface area (TPSA) is 73.9 Å². The summed E-state index contributed by atoms with van der Waals surface area (Å²) in [6.07, 6.45) is 1.95. The summed E-state index contributed by atoms with van der Waals surface area (Å²) in [6, 6.07) is 7.42. The number of piperidine rings is 1. The molecular weight excluding hydrogens is 356 g/mol. The van der Waals surface area contributed by atoms with Gasteiger partial charge < -0.3 is 25.2 Å². The monoisotopic (exact) mass is 388 g/mol. The van der Waals surface area contributed by atoms with Crippen LogP contribution in [0, 0.1) is 5.92 Å². The van der Waals surface area contributed by atoms with Crippen LogP contribution in [0.2, 0.25) is 0 Å². The zero-order valence-corrected chi connectivity index (χ0v) is 16.9. The summed E-state index contributed by atoms with van der Waals surface area (Å²) in [6.45, 7) is 5.90. The molecule has 0 spiro atoms. The lowest BCUT2D eigenvalue weighted by Crippen LogP contribution is -2.47. The van der Waals surface area contributed by atoms with Crippen molar-refractivity contribution >= 4 is 11.8 Å². The zero-order chi connectivity index (χ0) is 19.9. The number of hydrogen-bond acceptors (Lipinski definition) is 5. The predicted octanol–water partition coefficient (Wildman–Crippen LogP) is 1.02. The van der Waals surface area contributed by atoms with Crippen molar-refractivity contribution in [3.8, 4) is 5.75 Å². The summed E-state index contributed by atoms with van der Waals surface area (Å²) >= 11 is 0. The molecule has 7 nitrogen and oxygen atoms in total. The largest absolute Gasteiger partial charge is 0.497 e. The molecule has 28 heavy (non-hydrogen) atoms. The number of nitrogens with one attached hydrogen (secondary N) is 2. The molecule has 0 aliphatic carbocycles. The number of likely N-dealkylation sites (tertiary alicyclic amines) is 1. The summed E-state index contributed by atoms with van der Waals surface area (Å²) in [5.74, 6) is 0.668. The van der Waals surface area contributed by atoms with E-state index in [-0.39, 0.29) is 23.8 Å². The number of methoxy groups -OCH3 is 1. The van der Waals surface area contributed by atoms with Gasteiger partial charge in [-0.1, -0.05) is 12.1 Å². The summed E-state index contributed by atoms with van der Waals surface area (Å²) in [5.41, 5.74) is 0.970. The van der Waals surface area contributed by atoms with E-state index in [4.69, 9.17) is 4.74 Å². The van der Waals surface area contributed by atoms with Crippen LogP contribution in [0.3, 0.4) is 0 Å². The number of nitrogens with zero attached hydrogens (tertiary/aromatic N) is 2. The second-order valence-corrected chi connectivity index (χ2v) is 7.60. The Balaban J connectivity index is 1.58.